The highest BCUT2D eigenvalue weighted by atomic mass is 16.6. The second-order valence-electron chi connectivity index (χ2n) is 4.75. The number of carbonyl (C=O) groups is 1. The molecule has 1 rings (SSSR count). The van der Waals surface area contributed by atoms with Crippen LogP contribution in [0.1, 0.15) is 27.2 Å². The molecule has 0 aromatic carbocycles. The van der Waals surface area contributed by atoms with Crippen LogP contribution in [0.25, 0.3) is 0 Å². The zero-order valence-corrected chi connectivity index (χ0v) is 9.08. The fourth-order valence-corrected chi connectivity index (χ4v) is 1.42. The average Bonchev–Trinajstić information content (AvgIpc) is 2.32. The van der Waals surface area contributed by atoms with Crippen LogP contribution in [0.4, 0.5) is 0 Å². The van der Waals surface area contributed by atoms with Crippen LogP contribution in [-0.4, -0.2) is 30.8 Å². The monoisotopic (exact) mass is 201 g/mol. The Balaban J connectivity index is 2.33. The maximum atomic E-state index is 11.4. The van der Waals surface area contributed by atoms with Gasteiger partial charge in [0.2, 0.25) is 0 Å². The van der Waals surface area contributed by atoms with E-state index in [9.17, 15) is 4.79 Å². The molecule has 4 nitrogen and oxygen atoms in total. The third-order valence-corrected chi connectivity index (χ3v) is 2.10. The Morgan fingerprint density at radius 3 is 2.57 bits per heavy atom. The first-order chi connectivity index (χ1) is 6.38. The lowest BCUT2D eigenvalue weighted by molar-refractivity contribution is -0.156. The molecule has 2 atom stereocenters. The van der Waals surface area contributed by atoms with E-state index in [-0.39, 0.29) is 17.9 Å². The minimum absolute atomic E-state index is 0.0254. The van der Waals surface area contributed by atoms with E-state index in [2.05, 4.69) is 0 Å². The van der Waals surface area contributed by atoms with Crippen molar-refractivity contribution in [1.82, 2.24) is 0 Å². The van der Waals surface area contributed by atoms with Gasteiger partial charge >= 0.3 is 5.97 Å². The van der Waals surface area contributed by atoms with Gasteiger partial charge in [-0.1, -0.05) is 0 Å². The van der Waals surface area contributed by atoms with Crippen molar-refractivity contribution in [3.8, 4) is 0 Å². The number of nitrogens with two attached hydrogens (primary N) is 1. The molecule has 1 aliphatic heterocycles. The van der Waals surface area contributed by atoms with Crippen molar-refractivity contribution in [3.63, 3.8) is 0 Å². The van der Waals surface area contributed by atoms with Crippen LogP contribution >= 0.6 is 0 Å². The van der Waals surface area contributed by atoms with E-state index < -0.39 is 5.60 Å². The van der Waals surface area contributed by atoms with E-state index in [4.69, 9.17) is 15.2 Å². The molecule has 0 bridgehead atoms. The lowest BCUT2D eigenvalue weighted by Crippen LogP contribution is -2.32. The van der Waals surface area contributed by atoms with Gasteiger partial charge in [-0.05, 0) is 20.8 Å². The summed E-state index contributed by atoms with van der Waals surface area (Å²) in [6, 6.07) is -0.0254. The lowest BCUT2D eigenvalue weighted by atomic mass is 10.0. The summed E-state index contributed by atoms with van der Waals surface area (Å²) in [6.07, 6.45) is 0.360. The van der Waals surface area contributed by atoms with Gasteiger partial charge in [0.25, 0.3) is 0 Å². The van der Waals surface area contributed by atoms with Crippen molar-refractivity contribution < 1.29 is 14.3 Å². The molecule has 14 heavy (non-hydrogen) atoms. The molecule has 1 fully saturated rings. The zero-order chi connectivity index (χ0) is 10.8. The maximum Gasteiger partial charge on any atom is 0.306 e. The van der Waals surface area contributed by atoms with Gasteiger partial charge in [0.15, 0.2) is 0 Å². The van der Waals surface area contributed by atoms with Crippen molar-refractivity contribution in [2.24, 2.45) is 11.7 Å². The van der Waals surface area contributed by atoms with Crippen molar-refractivity contribution in [3.05, 3.63) is 0 Å². The molecule has 0 aromatic rings. The van der Waals surface area contributed by atoms with E-state index in [1.807, 2.05) is 20.8 Å². The molecule has 1 heterocycles. The first kappa shape index (κ1) is 11.5. The second-order valence-corrected chi connectivity index (χ2v) is 4.75. The summed E-state index contributed by atoms with van der Waals surface area (Å²) in [5.41, 5.74) is 5.34. The van der Waals surface area contributed by atoms with Crippen LogP contribution in [0.15, 0.2) is 0 Å². The number of hydrogen-bond acceptors (Lipinski definition) is 4. The molecule has 0 radical (unpaired) electrons. The van der Waals surface area contributed by atoms with Crippen molar-refractivity contribution >= 4 is 5.97 Å². The van der Waals surface area contributed by atoms with Crippen LogP contribution < -0.4 is 5.73 Å². The Bertz CT molecular complexity index is 210. The highest BCUT2D eigenvalue weighted by molar-refractivity contribution is 5.70. The van der Waals surface area contributed by atoms with E-state index in [1.165, 1.54) is 0 Å². The summed E-state index contributed by atoms with van der Waals surface area (Å²) in [7, 11) is 0. The van der Waals surface area contributed by atoms with Crippen LogP contribution in [0.3, 0.4) is 0 Å². The van der Waals surface area contributed by atoms with Crippen LogP contribution in [0.2, 0.25) is 0 Å². The van der Waals surface area contributed by atoms with E-state index in [1.54, 1.807) is 0 Å². The highest BCUT2D eigenvalue weighted by Crippen LogP contribution is 2.18. The normalized spacial score (nSPS) is 27.7. The first-order valence-corrected chi connectivity index (χ1v) is 4.93. The number of rotatable bonds is 2. The van der Waals surface area contributed by atoms with Crippen molar-refractivity contribution in [2.75, 3.05) is 13.2 Å². The molecular formula is C10H19NO3. The third-order valence-electron chi connectivity index (χ3n) is 2.10. The molecule has 0 aliphatic carbocycles. The molecule has 2 unspecified atom stereocenters. The minimum Gasteiger partial charge on any atom is -0.460 e. The Labute approximate surface area is 84.7 Å². The Morgan fingerprint density at radius 2 is 2.14 bits per heavy atom. The molecule has 1 saturated heterocycles. The number of carbonyl (C=O) groups excluding carboxylic acids is 1. The molecular weight excluding hydrogens is 182 g/mol. The second kappa shape index (κ2) is 4.28. The molecule has 1 aliphatic rings. The van der Waals surface area contributed by atoms with Gasteiger partial charge in [-0.25, -0.2) is 0 Å². The Morgan fingerprint density at radius 1 is 1.50 bits per heavy atom. The van der Waals surface area contributed by atoms with Gasteiger partial charge in [-0.3, -0.25) is 4.79 Å². The average molecular weight is 201 g/mol. The third kappa shape index (κ3) is 3.64. The summed E-state index contributed by atoms with van der Waals surface area (Å²) in [4.78, 5) is 11.4. The fourth-order valence-electron chi connectivity index (χ4n) is 1.42. The minimum atomic E-state index is -0.416. The largest absolute Gasteiger partial charge is 0.460 e. The number of ether oxygens (including phenoxy) is 2. The smallest absolute Gasteiger partial charge is 0.306 e. The molecule has 0 amide bonds. The quantitative estimate of drug-likeness (QED) is 0.668. The SMILES string of the molecule is CC(C)(C)OC(=O)CC1COCC1N. The molecule has 2 N–H and O–H groups in total. The summed E-state index contributed by atoms with van der Waals surface area (Å²) in [5.74, 6) is -0.0756. The Hall–Kier alpha value is -0.610. The summed E-state index contributed by atoms with van der Waals surface area (Å²) >= 11 is 0. The van der Waals surface area contributed by atoms with Crippen molar-refractivity contribution in [1.29, 1.82) is 0 Å². The summed E-state index contributed by atoms with van der Waals surface area (Å²) in [6.45, 7) is 6.69. The number of esters is 1. The fraction of sp³-hybridized carbons (Fsp3) is 0.900. The van der Waals surface area contributed by atoms with Gasteiger partial charge in [0.05, 0.1) is 19.6 Å². The Kier molecular flexibility index (Phi) is 3.50. The standard InChI is InChI=1S/C10H19NO3/c1-10(2,3)14-9(12)4-7-5-13-6-8(7)11/h7-8H,4-6,11H2,1-3H3. The first-order valence-electron chi connectivity index (χ1n) is 4.93. The summed E-state index contributed by atoms with van der Waals surface area (Å²) < 4.78 is 10.4. The van der Waals surface area contributed by atoms with Crippen molar-refractivity contribution in [2.45, 2.75) is 38.8 Å². The van der Waals surface area contributed by atoms with Gasteiger partial charge in [-0.2, -0.15) is 0 Å². The van der Waals surface area contributed by atoms with Gasteiger partial charge in [0.1, 0.15) is 5.60 Å². The van der Waals surface area contributed by atoms with Crippen LogP contribution in [0, 0.1) is 5.92 Å². The van der Waals surface area contributed by atoms with Gasteiger partial charge in [-0.15, -0.1) is 0 Å². The highest BCUT2D eigenvalue weighted by Gasteiger charge is 2.29. The van der Waals surface area contributed by atoms with Gasteiger partial charge < -0.3 is 15.2 Å². The maximum absolute atomic E-state index is 11.4. The molecule has 0 saturated carbocycles. The molecule has 0 spiro atoms. The predicted octanol–water partition coefficient (Wildman–Crippen LogP) is 0.692. The molecule has 4 heteroatoms. The van der Waals surface area contributed by atoms with Crippen LogP contribution in [-0.2, 0) is 14.3 Å². The van der Waals surface area contributed by atoms with E-state index in [0.717, 1.165) is 0 Å². The molecule has 82 valence electrons. The predicted molar refractivity (Wildman–Crippen MR) is 52.7 cm³/mol. The lowest BCUT2D eigenvalue weighted by Gasteiger charge is -2.21. The topological polar surface area (TPSA) is 61.5 Å². The zero-order valence-electron chi connectivity index (χ0n) is 9.08. The summed E-state index contributed by atoms with van der Waals surface area (Å²) in [5, 5.41) is 0. The van der Waals surface area contributed by atoms with Gasteiger partial charge in [0, 0.05) is 12.0 Å². The van der Waals surface area contributed by atoms with E-state index in [0.29, 0.717) is 19.6 Å². The molecule has 0 aromatic heterocycles. The van der Waals surface area contributed by atoms with E-state index >= 15 is 0 Å². The van der Waals surface area contributed by atoms with Crippen LogP contribution in [0.5, 0.6) is 0 Å². The number of hydrogen-bond donors (Lipinski definition) is 1.